The molecule has 0 aliphatic heterocycles. The van der Waals surface area contributed by atoms with Gasteiger partial charge in [-0.05, 0) is 37.5 Å². The van der Waals surface area contributed by atoms with Crippen molar-refractivity contribution >= 4 is 17.5 Å². The highest BCUT2D eigenvalue weighted by molar-refractivity contribution is 6.33. The van der Waals surface area contributed by atoms with Crippen LogP contribution in [0.2, 0.25) is 5.02 Å². The molecule has 0 heterocycles. The maximum absolute atomic E-state index is 12.0. The first-order chi connectivity index (χ1) is 8.16. The van der Waals surface area contributed by atoms with E-state index in [4.69, 9.17) is 11.6 Å². The number of carbonyl (C=O) groups is 1. The Kier molecular flexibility index (Phi) is 3.69. The standard InChI is InChI=1S/C13H14ClNO2/c14-12-7-6-10(16)8-11(12)13(17)15-9-4-2-1-3-5-9/h1-2,6-9,16H,3-5H2,(H,15,17). The number of phenols is 1. The first-order valence-corrected chi connectivity index (χ1v) is 5.99. The van der Waals surface area contributed by atoms with E-state index in [1.165, 1.54) is 18.2 Å². The van der Waals surface area contributed by atoms with Crippen LogP contribution >= 0.6 is 11.6 Å². The van der Waals surface area contributed by atoms with Crippen LogP contribution in [0.25, 0.3) is 0 Å². The lowest BCUT2D eigenvalue weighted by Crippen LogP contribution is -2.35. The summed E-state index contributed by atoms with van der Waals surface area (Å²) in [6.07, 6.45) is 6.96. The molecule has 1 unspecified atom stereocenters. The molecule has 0 aromatic heterocycles. The van der Waals surface area contributed by atoms with Gasteiger partial charge in [0, 0.05) is 6.04 Å². The largest absolute Gasteiger partial charge is 0.508 e. The summed E-state index contributed by atoms with van der Waals surface area (Å²) in [5.41, 5.74) is 0.321. The van der Waals surface area contributed by atoms with Gasteiger partial charge in [0.15, 0.2) is 0 Å². The van der Waals surface area contributed by atoms with Gasteiger partial charge in [-0.3, -0.25) is 4.79 Å². The molecule has 1 aliphatic carbocycles. The van der Waals surface area contributed by atoms with E-state index in [1.54, 1.807) is 0 Å². The third-order valence-corrected chi connectivity index (χ3v) is 3.13. The van der Waals surface area contributed by atoms with E-state index in [-0.39, 0.29) is 17.7 Å². The summed E-state index contributed by atoms with van der Waals surface area (Å²) in [4.78, 5) is 12.0. The average Bonchev–Trinajstić information content (AvgIpc) is 2.33. The molecule has 17 heavy (non-hydrogen) atoms. The molecule has 0 spiro atoms. The average molecular weight is 252 g/mol. The molecule has 1 aromatic carbocycles. The first kappa shape index (κ1) is 12.0. The zero-order valence-corrected chi connectivity index (χ0v) is 10.1. The minimum Gasteiger partial charge on any atom is -0.508 e. The predicted molar refractivity (Wildman–Crippen MR) is 67.4 cm³/mol. The second-order valence-electron chi connectivity index (χ2n) is 4.12. The Morgan fingerprint density at radius 2 is 2.24 bits per heavy atom. The van der Waals surface area contributed by atoms with Gasteiger partial charge in [-0.1, -0.05) is 23.8 Å². The summed E-state index contributed by atoms with van der Waals surface area (Å²) < 4.78 is 0. The highest BCUT2D eigenvalue weighted by Gasteiger charge is 2.16. The summed E-state index contributed by atoms with van der Waals surface area (Å²) in [6, 6.07) is 4.52. The number of allylic oxidation sites excluding steroid dienone is 1. The summed E-state index contributed by atoms with van der Waals surface area (Å²) >= 11 is 5.92. The lowest BCUT2D eigenvalue weighted by Gasteiger charge is -2.19. The van der Waals surface area contributed by atoms with Crippen molar-refractivity contribution in [3.63, 3.8) is 0 Å². The lowest BCUT2D eigenvalue weighted by atomic mass is 10.0. The van der Waals surface area contributed by atoms with Crippen molar-refractivity contribution in [2.75, 3.05) is 0 Å². The van der Waals surface area contributed by atoms with Crippen LogP contribution in [0, 0.1) is 0 Å². The van der Waals surface area contributed by atoms with Crippen molar-refractivity contribution < 1.29 is 9.90 Å². The second kappa shape index (κ2) is 5.23. The van der Waals surface area contributed by atoms with Gasteiger partial charge in [0.2, 0.25) is 0 Å². The molecule has 0 radical (unpaired) electrons. The molecule has 0 saturated heterocycles. The number of hydrogen-bond acceptors (Lipinski definition) is 2. The molecular formula is C13H14ClNO2. The lowest BCUT2D eigenvalue weighted by molar-refractivity contribution is 0.0934. The minimum absolute atomic E-state index is 0.0445. The number of nitrogens with one attached hydrogen (secondary N) is 1. The quantitative estimate of drug-likeness (QED) is 0.794. The Morgan fingerprint density at radius 3 is 2.94 bits per heavy atom. The molecule has 2 N–H and O–H groups in total. The van der Waals surface area contributed by atoms with Gasteiger partial charge in [0.05, 0.1) is 10.6 Å². The molecule has 90 valence electrons. The van der Waals surface area contributed by atoms with Gasteiger partial charge in [-0.15, -0.1) is 0 Å². The number of amides is 1. The van der Waals surface area contributed by atoms with Crippen LogP contribution in [0.1, 0.15) is 29.6 Å². The Labute approximate surface area is 105 Å². The fourth-order valence-corrected chi connectivity index (χ4v) is 2.08. The van der Waals surface area contributed by atoms with Crippen molar-refractivity contribution in [2.24, 2.45) is 0 Å². The maximum Gasteiger partial charge on any atom is 0.253 e. The van der Waals surface area contributed by atoms with E-state index in [2.05, 4.69) is 17.5 Å². The van der Waals surface area contributed by atoms with Crippen molar-refractivity contribution in [3.05, 3.63) is 40.9 Å². The predicted octanol–water partition coefficient (Wildman–Crippen LogP) is 2.88. The number of aromatic hydroxyl groups is 1. The Morgan fingerprint density at radius 1 is 1.41 bits per heavy atom. The molecule has 0 saturated carbocycles. The van der Waals surface area contributed by atoms with Crippen molar-refractivity contribution in [1.82, 2.24) is 5.32 Å². The molecule has 1 atom stereocenters. The molecule has 4 heteroatoms. The van der Waals surface area contributed by atoms with Crippen LogP contribution in [-0.4, -0.2) is 17.1 Å². The topological polar surface area (TPSA) is 49.3 Å². The summed E-state index contributed by atoms with van der Waals surface area (Å²) in [6.45, 7) is 0. The molecule has 1 aliphatic rings. The number of hydrogen-bond donors (Lipinski definition) is 2. The molecule has 1 aromatic rings. The SMILES string of the molecule is O=C(NC1CC=CCC1)c1cc(O)ccc1Cl. The smallest absolute Gasteiger partial charge is 0.253 e. The fraction of sp³-hybridized carbons (Fsp3) is 0.308. The summed E-state index contributed by atoms with van der Waals surface area (Å²) in [5.74, 6) is -0.186. The van der Waals surface area contributed by atoms with Crippen LogP contribution in [0.4, 0.5) is 0 Å². The van der Waals surface area contributed by atoms with E-state index in [9.17, 15) is 9.90 Å². The van der Waals surface area contributed by atoms with E-state index in [0.717, 1.165) is 19.3 Å². The van der Waals surface area contributed by atoms with E-state index < -0.39 is 0 Å². The summed E-state index contributed by atoms with van der Waals surface area (Å²) in [7, 11) is 0. The van der Waals surface area contributed by atoms with Crippen molar-refractivity contribution in [3.8, 4) is 5.75 Å². The third kappa shape index (κ3) is 3.01. The molecular weight excluding hydrogens is 238 g/mol. The molecule has 0 fully saturated rings. The highest BCUT2D eigenvalue weighted by atomic mass is 35.5. The van der Waals surface area contributed by atoms with Gasteiger partial charge in [-0.25, -0.2) is 0 Å². The zero-order chi connectivity index (χ0) is 12.3. The van der Waals surface area contributed by atoms with E-state index >= 15 is 0 Å². The fourth-order valence-electron chi connectivity index (χ4n) is 1.88. The normalized spacial score (nSPS) is 19.0. The molecule has 3 nitrogen and oxygen atoms in total. The molecule has 2 rings (SSSR count). The number of benzene rings is 1. The van der Waals surface area contributed by atoms with Gasteiger partial charge >= 0.3 is 0 Å². The monoisotopic (exact) mass is 251 g/mol. The van der Waals surface area contributed by atoms with Crippen molar-refractivity contribution in [2.45, 2.75) is 25.3 Å². The van der Waals surface area contributed by atoms with Crippen LogP contribution in [0.5, 0.6) is 5.75 Å². The number of carbonyl (C=O) groups excluding carboxylic acids is 1. The van der Waals surface area contributed by atoms with Gasteiger partial charge < -0.3 is 10.4 Å². The molecule has 1 amide bonds. The van der Waals surface area contributed by atoms with E-state index in [1.807, 2.05) is 0 Å². The van der Waals surface area contributed by atoms with Crippen LogP contribution in [-0.2, 0) is 0 Å². The van der Waals surface area contributed by atoms with Crippen LogP contribution in [0.15, 0.2) is 30.4 Å². The zero-order valence-electron chi connectivity index (χ0n) is 9.32. The number of rotatable bonds is 2. The Hall–Kier alpha value is -1.48. The van der Waals surface area contributed by atoms with Gasteiger partial charge in [-0.2, -0.15) is 0 Å². The van der Waals surface area contributed by atoms with Crippen LogP contribution in [0.3, 0.4) is 0 Å². The Bertz CT molecular complexity index is 457. The molecule has 0 bridgehead atoms. The third-order valence-electron chi connectivity index (χ3n) is 2.80. The maximum atomic E-state index is 12.0. The van der Waals surface area contributed by atoms with Gasteiger partial charge in [0.1, 0.15) is 5.75 Å². The minimum atomic E-state index is -0.230. The highest BCUT2D eigenvalue weighted by Crippen LogP contribution is 2.21. The number of halogens is 1. The summed E-state index contributed by atoms with van der Waals surface area (Å²) in [5, 5.41) is 12.6. The van der Waals surface area contributed by atoms with E-state index in [0.29, 0.717) is 10.6 Å². The Balaban J connectivity index is 2.08. The second-order valence-corrected chi connectivity index (χ2v) is 4.53. The van der Waals surface area contributed by atoms with Crippen LogP contribution < -0.4 is 5.32 Å². The first-order valence-electron chi connectivity index (χ1n) is 5.61. The van der Waals surface area contributed by atoms with Crippen molar-refractivity contribution in [1.29, 1.82) is 0 Å². The van der Waals surface area contributed by atoms with Gasteiger partial charge in [0.25, 0.3) is 5.91 Å². The number of phenolic OH excluding ortho intramolecular Hbond substituents is 1.